The molecule has 0 amide bonds. The maximum atomic E-state index is 13.7. The standard InChI is InChI=1S/C21H23FN2O2S/c1-16-4-8-20(9-5-16)27(25,26)24-12-10-18-7-6-17(13-21(18)24)14-23-11-2-3-19(22)15-23/h4-10,12-13,19H,2-3,11,14-15H2,1H3. The van der Waals surface area contributed by atoms with Gasteiger partial charge in [-0.3, -0.25) is 4.90 Å². The summed E-state index contributed by atoms with van der Waals surface area (Å²) in [5.41, 5.74) is 2.67. The van der Waals surface area contributed by atoms with Crippen molar-refractivity contribution in [2.24, 2.45) is 0 Å². The lowest BCUT2D eigenvalue weighted by molar-refractivity contribution is 0.133. The highest BCUT2D eigenvalue weighted by Crippen LogP contribution is 2.25. The Hall–Kier alpha value is -2.18. The van der Waals surface area contributed by atoms with Crippen LogP contribution >= 0.6 is 0 Å². The molecule has 142 valence electrons. The molecule has 4 rings (SSSR count). The molecule has 1 fully saturated rings. The van der Waals surface area contributed by atoms with Crippen molar-refractivity contribution in [3.63, 3.8) is 0 Å². The quantitative estimate of drug-likeness (QED) is 0.677. The van der Waals surface area contributed by atoms with Crippen LogP contribution in [0.15, 0.2) is 59.6 Å². The van der Waals surface area contributed by atoms with Crippen molar-refractivity contribution in [2.45, 2.75) is 37.4 Å². The number of alkyl halides is 1. The number of nitrogens with zero attached hydrogens (tertiary/aromatic N) is 2. The Morgan fingerprint density at radius 3 is 2.63 bits per heavy atom. The van der Waals surface area contributed by atoms with Gasteiger partial charge in [0.2, 0.25) is 0 Å². The summed E-state index contributed by atoms with van der Waals surface area (Å²) in [4.78, 5) is 2.36. The maximum absolute atomic E-state index is 13.7. The van der Waals surface area contributed by atoms with Gasteiger partial charge in [0.15, 0.2) is 0 Å². The number of aryl methyl sites for hydroxylation is 1. The molecule has 1 saturated heterocycles. The molecular formula is C21H23FN2O2S. The van der Waals surface area contributed by atoms with Crippen LogP contribution in [-0.2, 0) is 16.6 Å². The van der Waals surface area contributed by atoms with E-state index in [9.17, 15) is 12.8 Å². The van der Waals surface area contributed by atoms with Crippen LogP contribution in [0.25, 0.3) is 10.9 Å². The summed E-state index contributed by atoms with van der Waals surface area (Å²) in [5, 5.41) is 0.872. The fourth-order valence-corrected chi connectivity index (χ4v) is 5.03. The first-order valence-corrected chi connectivity index (χ1v) is 10.7. The van der Waals surface area contributed by atoms with E-state index < -0.39 is 16.2 Å². The molecule has 6 heteroatoms. The van der Waals surface area contributed by atoms with Crippen molar-refractivity contribution in [2.75, 3.05) is 13.1 Å². The Morgan fingerprint density at radius 2 is 1.89 bits per heavy atom. The lowest BCUT2D eigenvalue weighted by Crippen LogP contribution is -2.35. The smallest absolute Gasteiger partial charge is 0.268 e. The summed E-state index contributed by atoms with van der Waals surface area (Å²) in [5.74, 6) is 0. The Bertz CT molecular complexity index is 1060. The lowest BCUT2D eigenvalue weighted by Gasteiger charge is -2.28. The fourth-order valence-electron chi connectivity index (χ4n) is 3.68. The third-order valence-corrected chi connectivity index (χ3v) is 6.86. The fraction of sp³-hybridized carbons (Fsp3) is 0.333. The highest BCUT2D eigenvalue weighted by Gasteiger charge is 2.21. The van der Waals surface area contributed by atoms with Gasteiger partial charge in [-0.15, -0.1) is 0 Å². The number of benzene rings is 2. The molecule has 0 spiro atoms. The van der Waals surface area contributed by atoms with Gasteiger partial charge in [-0.1, -0.05) is 29.8 Å². The first kappa shape index (κ1) is 18.2. The second-order valence-corrected chi connectivity index (χ2v) is 9.11. The van der Waals surface area contributed by atoms with Gasteiger partial charge in [0, 0.05) is 24.7 Å². The molecule has 0 saturated carbocycles. The van der Waals surface area contributed by atoms with Crippen LogP contribution in [0.4, 0.5) is 4.39 Å². The van der Waals surface area contributed by atoms with Gasteiger partial charge in [0.05, 0.1) is 10.4 Å². The molecule has 2 aromatic carbocycles. The normalized spacial score (nSPS) is 18.8. The summed E-state index contributed by atoms with van der Waals surface area (Å²) in [6.07, 6.45) is 2.32. The van der Waals surface area contributed by atoms with E-state index in [1.165, 1.54) is 3.97 Å². The number of piperidine rings is 1. The molecule has 0 aliphatic carbocycles. The number of fused-ring (bicyclic) bond motifs is 1. The molecule has 2 heterocycles. The Balaban J connectivity index is 1.68. The van der Waals surface area contributed by atoms with Crippen molar-refractivity contribution in [3.8, 4) is 0 Å². The minimum atomic E-state index is -3.65. The predicted octanol–water partition coefficient (Wildman–Crippen LogP) is 4.12. The highest BCUT2D eigenvalue weighted by atomic mass is 32.2. The van der Waals surface area contributed by atoms with Crippen LogP contribution in [-0.4, -0.2) is 36.6 Å². The number of hydrogen-bond donors (Lipinski definition) is 0. The molecule has 1 aromatic heterocycles. The van der Waals surface area contributed by atoms with E-state index in [4.69, 9.17) is 0 Å². The maximum Gasteiger partial charge on any atom is 0.268 e. The van der Waals surface area contributed by atoms with Crippen molar-refractivity contribution < 1.29 is 12.8 Å². The third-order valence-electron chi connectivity index (χ3n) is 5.15. The van der Waals surface area contributed by atoms with E-state index in [-0.39, 0.29) is 4.90 Å². The van der Waals surface area contributed by atoms with Crippen LogP contribution < -0.4 is 0 Å². The number of likely N-dealkylation sites (tertiary alicyclic amines) is 1. The van der Waals surface area contributed by atoms with Gasteiger partial charge in [-0.05, 0) is 56.1 Å². The number of aromatic nitrogens is 1. The van der Waals surface area contributed by atoms with Crippen LogP contribution in [0.5, 0.6) is 0 Å². The molecular weight excluding hydrogens is 363 g/mol. The third kappa shape index (κ3) is 3.64. The summed E-state index contributed by atoms with van der Waals surface area (Å²) in [7, 11) is -3.65. The predicted molar refractivity (Wildman–Crippen MR) is 105 cm³/mol. The van der Waals surface area contributed by atoms with Gasteiger partial charge in [-0.2, -0.15) is 0 Å². The van der Waals surface area contributed by atoms with Gasteiger partial charge >= 0.3 is 0 Å². The first-order chi connectivity index (χ1) is 12.9. The summed E-state index contributed by atoms with van der Waals surface area (Å²) < 4.78 is 41.1. The van der Waals surface area contributed by atoms with E-state index in [1.807, 2.05) is 31.2 Å². The van der Waals surface area contributed by atoms with Gasteiger partial charge in [0.1, 0.15) is 6.17 Å². The molecule has 0 bridgehead atoms. The number of halogens is 1. The number of hydrogen-bond acceptors (Lipinski definition) is 3. The summed E-state index contributed by atoms with van der Waals surface area (Å²) in [6, 6.07) is 14.5. The van der Waals surface area contributed by atoms with Crippen molar-refractivity contribution in [1.82, 2.24) is 8.87 Å². The average molecular weight is 386 g/mol. The lowest BCUT2D eigenvalue weighted by atomic mass is 10.1. The van der Waals surface area contributed by atoms with E-state index in [0.717, 1.165) is 29.5 Å². The molecule has 1 atom stereocenters. The minimum Gasteiger partial charge on any atom is -0.296 e. The van der Waals surface area contributed by atoms with Gasteiger partial charge in [0.25, 0.3) is 10.0 Å². The van der Waals surface area contributed by atoms with Crippen LogP contribution in [0.1, 0.15) is 24.0 Å². The zero-order valence-electron chi connectivity index (χ0n) is 15.3. The SMILES string of the molecule is Cc1ccc(S(=O)(=O)n2ccc3ccc(CN4CCCC(F)C4)cc32)cc1. The van der Waals surface area contributed by atoms with Crippen molar-refractivity contribution in [1.29, 1.82) is 0 Å². The Morgan fingerprint density at radius 1 is 1.11 bits per heavy atom. The van der Waals surface area contributed by atoms with E-state index in [1.54, 1.807) is 30.5 Å². The molecule has 1 aliphatic rings. The van der Waals surface area contributed by atoms with E-state index in [2.05, 4.69) is 4.90 Å². The first-order valence-electron chi connectivity index (χ1n) is 9.22. The molecule has 27 heavy (non-hydrogen) atoms. The second kappa shape index (κ2) is 7.09. The van der Waals surface area contributed by atoms with Crippen molar-refractivity contribution in [3.05, 3.63) is 65.9 Å². The largest absolute Gasteiger partial charge is 0.296 e. The summed E-state index contributed by atoms with van der Waals surface area (Å²) >= 11 is 0. The van der Waals surface area contributed by atoms with E-state index >= 15 is 0 Å². The zero-order valence-corrected chi connectivity index (χ0v) is 16.1. The Labute approximate surface area is 159 Å². The van der Waals surface area contributed by atoms with Crippen LogP contribution in [0.3, 0.4) is 0 Å². The zero-order chi connectivity index (χ0) is 19.0. The molecule has 3 aromatic rings. The number of rotatable bonds is 4. The molecule has 4 nitrogen and oxygen atoms in total. The minimum absolute atomic E-state index is 0.271. The highest BCUT2D eigenvalue weighted by molar-refractivity contribution is 7.90. The second-order valence-electron chi connectivity index (χ2n) is 7.30. The van der Waals surface area contributed by atoms with Crippen LogP contribution in [0, 0.1) is 6.92 Å². The molecule has 1 aliphatic heterocycles. The molecule has 0 N–H and O–H groups in total. The Kier molecular flexibility index (Phi) is 4.78. The monoisotopic (exact) mass is 386 g/mol. The van der Waals surface area contributed by atoms with Crippen molar-refractivity contribution >= 4 is 20.9 Å². The molecule has 1 unspecified atom stereocenters. The van der Waals surface area contributed by atoms with E-state index in [0.29, 0.717) is 25.0 Å². The molecule has 0 radical (unpaired) electrons. The van der Waals surface area contributed by atoms with Gasteiger partial charge < -0.3 is 0 Å². The summed E-state index contributed by atoms with van der Waals surface area (Å²) in [6.45, 7) is 3.88. The van der Waals surface area contributed by atoms with Gasteiger partial charge in [-0.25, -0.2) is 16.8 Å². The van der Waals surface area contributed by atoms with Crippen LogP contribution in [0.2, 0.25) is 0 Å². The average Bonchev–Trinajstić information content (AvgIpc) is 3.06. The topological polar surface area (TPSA) is 42.3 Å².